The lowest BCUT2D eigenvalue weighted by Crippen LogP contribution is -2.75. The number of carbonyl (C=O) groups is 3. The third-order valence-electron chi connectivity index (χ3n) is 12.1. The van der Waals surface area contributed by atoms with E-state index >= 15 is 0 Å². The Morgan fingerprint density at radius 2 is 1.80 bits per heavy atom. The molecule has 2 bridgehead atoms. The second kappa shape index (κ2) is 7.21. The number of rotatable bonds is 3. The van der Waals surface area contributed by atoms with Gasteiger partial charge in [0.2, 0.25) is 6.29 Å². The summed E-state index contributed by atoms with van der Waals surface area (Å²) in [5.41, 5.74) is -8.80. The zero-order valence-corrected chi connectivity index (χ0v) is 22.9. The minimum absolute atomic E-state index is 0.293. The second-order valence-corrected chi connectivity index (χ2v) is 13.2. The van der Waals surface area contributed by atoms with Crippen molar-refractivity contribution in [1.29, 1.82) is 0 Å². The van der Waals surface area contributed by atoms with Gasteiger partial charge in [-0.25, -0.2) is 4.79 Å². The van der Waals surface area contributed by atoms with Crippen molar-refractivity contribution in [3.63, 3.8) is 0 Å². The Balaban J connectivity index is 1.38. The molecule has 13 nitrogen and oxygen atoms in total. The van der Waals surface area contributed by atoms with Gasteiger partial charge in [0.05, 0.1) is 52.0 Å². The monoisotopic (exact) mass is 576 g/mol. The van der Waals surface area contributed by atoms with Crippen LogP contribution < -0.4 is 0 Å². The van der Waals surface area contributed by atoms with E-state index in [-0.39, 0.29) is 13.2 Å². The number of allylic oxidation sites excluding steroid dienone is 1. The molecule has 0 amide bonds. The van der Waals surface area contributed by atoms with Crippen LogP contribution in [0, 0.1) is 34.0 Å². The molecular weight excluding hydrogens is 544 g/mol. The Labute approximate surface area is 234 Å². The van der Waals surface area contributed by atoms with Crippen molar-refractivity contribution in [3.05, 3.63) is 24.5 Å². The molecule has 222 valence electrons. The molecule has 8 aliphatic rings. The molecule has 41 heavy (non-hydrogen) atoms. The minimum atomic E-state index is -2.62. The largest absolute Gasteiger partial charge is 0.469 e. The van der Waals surface area contributed by atoms with Crippen molar-refractivity contribution >= 4 is 17.7 Å². The van der Waals surface area contributed by atoms with Crippen LogP contribution in [0.25, 0.3) is 0 Å². The molecule has 5 heterocycles. The summed E-state index contributed by atoms with van der Waals surface area (Å²) in [7, 11) is 2.27. The number of methoxy groups -OCH3 is 2. The number of ketones is 1. The quantitative estimate of drug-likeness (QED) is 0.206. The highest BCUT2D eigenvalue weighted by molar-refractivity contribution is 6.11. The number of ether oxygens (including phenoxy) is 7. The van der Waals surface area contributed by atoms with E-state index in [2.05, 4.69) is 0 Å². The van der Waals surface area contributed by atoms with Crippen LogP contribution in [0.5, 0.6) is 0 Å². The van der Waals surface area contributed by atoms with Crippen molar-refractivity contribution < 1.29 is 62.9 Å². The molecule has 8 rings (SSSR count). The summed E-state index contributed by atoms with van der Waals surface area (Å²) in [6.45, 7) is 2.83. The number of epoxide rings is 1. The molecule has 0 aromatic heterocycles. The van der Waals surface area contributed by atoms with Crippen LogP contribution in [0.4, 0.5) is 0 Å². The molecular formula is C28H32O13. The standard InChI is InChI=1S/C28H32O13/c1-22(28-14-9-12(23(28,2)41-28)26(33)7-8-37-21(26)40-14)17(30)15-16-24(10-39-27(34,18(22)24)20(32)36-4)6-5-13(29)25(16,11-38-15)19(31)35-3/h5-8,12,14-18,21,30,33-34H,9-11H2,1-4H3/t12-,14+,15-,16-,17-,18+,21+,22-,23+,24-,25+,26+,27+,28+/m1/s1. The second-order valence-electron chi connectivity index (χ2n) is 13.2. The number of aliphatic hydroxyl groups is 3. The fourth-order valence-electron chi connectivity index (χ4n) is 10.7. The molecule has 13 heteroatoms. The first kappa shape index (κ1) is 26.3. The highest BCUT2D eigenvalue weighted by Crippen LogP contribution is 2.82. The lowest BCUT2D eigenvalue weighted by atomic mass is 9.39. The molecule has 14 atom stereocenters. The maximum absolute atomic E-state index is 13.5. The molecule has 0 aromatic rings. The highest BCUT2D eigenvalue weighted by Gasteiger charge is 2.96. The summed E-state index contributed by atoms with van der Waals surface area (Å²) in [5.74, 6) is -8.02. The van der Waals surface area contributed by atoms with E-state index in [0.29, 0.717) is 6.42 Å². The van der Waals surface area contributed by atoms with Crippen molar-refractivity contribution in [1.82, 2.24) is 0 Å². The normalized spacial score (nSPS) is 60.1. The summed E-state index contributed by atoms with van der Waals surface area (Å²) < 4.78 is 40.7. The van der Waals surface area contributed by atoms with E-state index < -0.39 is 98.9 Å². The molecule has 5 aliphatic heterocycles. The molecule has 6 fully saturated rings. The number of aliphatic hydroxyl groups excluding tert-OH is 1. The van der Waals surface area contributed by atoms with E-state index in [1.54, 1.807) is 13.0 Å². The van der Waals surface area contributed by atoms with E-state index in [1.165, 1.54) is 18.4 Å². The Kier molecular flexibility index (Phi) is 4.62. The first-order valence-corrected chi connectivity index (χ1v) is 13.8. The maximum Gasteiger partial charge on any atom is 0.366 e. The van der Waals surface area contributed by atoms with Gasteiger partial charge >= 0.3 is 11.9 Å². The molecule has 0 unspecified atom stereocenters. The van der Waals surface area contributed by atoms with E-state index in [1.807, 2.05) is 6.92 Å². The van der Waals surface area contributed by atoms with Gasteiger partial charge in [-0.3, -0.25) is 9.59 Å². The number of hydrogen-bond acceptors (Lipinski definition) is 13. The Morgan fingerprint density at radius 3 is 2.51 bits per heavy atom. The van der Waals surface area contributed by atoms with Gasteiger partial charge in [-0.15, -0.1) is 0 Å². The summed E-state index contributed by atoms with van der Waals surface area (Å²) in [4.78, 5) is 40.2. The summed E-state index contributed by atoms with van der Waals surface area (Å²) in [6, 6.07) is 0. The fourth-order valence-corrected chi connectivity index (χ4v) is 10.7. The van der Waals surface area contributed by atoms with Crippen LogP contribution >= 0.6 is 0 Å². The van der Waals surface area contributed by atoms with Gasteiger partial charge < -0.3 is 48.5 Å². The van der Waals surface area contributed by atoms with Gasteiger partial charge in [0.25, 0.3) is 5.79 Å². The van der Waals surface area contributed by atoms with Gasteiger partial charge in [0, 0.05) is 28.6 Å². The average molecular weight is 577 g/mol. The Bertz CT molecular complexity index is 1360. The minimum Gasteiger partial charge on any atom is -0.469 e. The topological polar surface area (TPSA) is 180 Å². The van der Waals surface area contributed by atoms with Crippen LogP contribution in [0.3, 0.4) is 0 Å². The van der Waals surface area contributed by atoms with Crippen LogP contribution in [-0.2, 0) is 47.5 Å². The average Bonchev–Trinajstić information content (AvgIpc) is 3.33. The third-order valence-corrected chi connectivity index (χ3v) is 12.1. The third kappa shape index (κ3) is 2.31. The van der Waals surface area contributed by atoms with E-state index in [4.69, 9.17) is 33.2 Å². The molecule has 4 saturated heterocycles. The highest BCUT2D eigenvalue weighted by atomic mass is 16.7. The summed E-state index contributed by atoms with van der Waals surface area (Å²) in [5, 5.41) is 36.2. The molecule has 2 saturated carbocycles. The van der Waals surface area contributed by atoms with Gasteiger partial charge in [-0.2, -0.15) is 0 Å². The first-order valence-electron chi connectivity index (χ1n) is 13.8. The molecule has 3 aliphatic carbocycles. The predicted octanol–water partition coefficient (Wildman–Crippen LogP) is -1.28. The zero-order chi connectivity index (χ0) is 29.2. The van der Waals surface area contributed by atoms with E-state index in [9.17, 15) is 29.7 Å². The summed E-state index contributed by atoms with van der Waals surface area (Å²) >= 11 is 0. The SMILES string of the molecule is COC(=O)[C@@]12CO[C@H]3[C@@H](O)[C@@](C)([C@]45O[C@@]4(C)[C@H]4C[C@@H]5O[C@@H]5OC=C[C@@]54O)[C@H]4[C@](C=CC1=O)(CO[C@]4(O)C(=O)OC)[C@@H]32. The molecule has 0 aromatic carbocycles. The smallest absolute Gasteiger partial charge is 0.366 e. The molecule has 3 N–H and O–H groups in total. The van der Waals surface area contributed by atoms with Crippen LogP contribution in [0.15, 0.2) is 24.5 Å². The van der Waals surface area contributed by atoms with Crippen LogP contribution in [-0.4, -0.2) is 108 Å². The fraction of sp³-hybridized carbons (Fsp3) is 0.750. The van der Waals surface area contributed by atoms with Crippen molar-refractivity contribution in [2.24, 2.45) is 34.0 Å². The first-order chi connectivity index (χ1) is 19.3. The number of fused-ring (bicyclic) bond motifs is 7. The summed E-state index contributed by atoms with van der Waals surface area (Å²) in [6.07, 6.45) is 1.69. The van der Waals surface area contributed by atoms with Gasteiger partial charge in [-0.05, 0) is 25.5 Å². The van der Waals surface area contributed by atoms with Gasteiger partial charge in [0.1, 0.15) is 11.2 Å². The maximum atomic E-state index is 13.5. The Morgan fingerprint density at radius 1 is 1.07 bits per heavy atom. The number of hydrogen-bond donors (Lipinski definition) is 3. The lowest BCUT2D eigenvalue weighted by molar-refractivity contribution is -0.298. The molecule has 1 spiro atoms. The van der Waals surface area contributed by atoms with Crippen LogP contribution in [0.1, 0.15) is 20.3 Å². The van der Waals surface area contributed by atoms with Crippen molar-refractivity contribution in [3.8, 4) is 0 Å². The number of carbonyl (C=O) groups excluding carboxylic acids is 3. The number of esters is 2. The predicted molar refractivity (Wildman–Crippen MR) is 129 cm³/mol. The van der Waals surface area contributed by atoms with Crippen molar-refractivity contribution in [2.75, 3.05) is 27.4 Å². The Hall–Kier alpha value is -2.39. The van der Waals surface area contributed by atoms with Gasteiger partial charge in [0.15, 0.2) is 16.8 Å². The van der Waals surface area contributed by atoms with Crippen molar-refractivity contribution in [2.45, 2.75) is 67.5 Å². The van der Waals surface area contributed by atoms with Gasteiger partial charge in [-0.1, -0.05) is 13.0 Å². The van der Waals surface area contributed by atoms with E-state index in [0.717, 1.165) is 14.2 Å². The zero-order valence-electron chi connectivity index (χ0n) is 22.9. The van der Waals surface area contributed by atoms with Crippen LogP contribution in [0.2, 0.25) is 0 Å². The molecule has 0 radical (unpaired) electrons. The lowest BCUT2D eigenvalue weighted by Gasteiger charge is -2.62.